The zero-order valence-corrected chi connectivity index (χ0v) is 8.44. The van der Waals surface area contributed by atoms with E-state index < -0.39 is 0 Å². The average Bonchev–Trinajstić information content (AvgIpc) is 2.29. The first-order valence-electron chi connectivity index (χ1n) is 5.05. The van der Waals surface area contributed by atoms with Crippen LogP contribution in [0, 0.1) is 0 Å². The van der Waals surface area contributed by atoms with E-state index in [0.29, 0.717) is 6.04 Å². The maximum Gasteiger partial charge on any atom is 0.252 e. The quantitative estimate of drug-likeness (QED) is 0.438. The minimum absolute atomic E-state index is 0.112. The molecule has 0 bridgehead atoms. The number of anilines is 1. The van der Waals surface area contributed by atoms with Crippen molar-refractivity contribution in [2.45, 2.75) is 18.9 Å². The Balaban J connectivity index is 2.04. The Kier molecular flexibility index (Phi) is 2.98. The fraction of sp³-hybridized carbons (Fsp3) is 0.556. The van der Waals surface area contributed by atoms with Crippen LogP contribution < -0.4 is 21.7 Å². The molecular weight excluding hydrogens is 194 g/mol. The van der Waals surface area contributed by atoms with E-state index in [0.717, 1.165) is 31.7 Å². The molecule has 0 saturated carbocycles. The molecule has 15 heavy (non-hydrogen) atoms. The van der Waals surface area contributed by atoms with Gasteiger partial charge in [0.05, 0.1) is 6.33 Å². The maximum atomic E-state index is 11.1. The molecule has 1 aromatic rings. The monoisotopic (exact) mass is 209 g/mol. The van der Waals surface area contributed by atoms with Crippen LogP contribution in [-0.4, -0.2) is 29.1 Å². The molecule has 82 valence electrons. The van der Waals surface area contributed by atoms with Crippen LogP contribution in [0.4, 0.5) is 5.82 Å². The van der Waals surface area contributed by atoms with Crippen molar-refractivity contribution in [3.05, 3.63) is 22.7 Å². The molecule has 0 unspecified atom stereocenters. The number of aromatic amines is 1. The smallest absolute Gasteiger partial charge is 0.252 e. The van der Waals surface area contributed by atoms with Crippen LogP contribution in [0.25, 0.3) is 0 Å². The lowest BCUT2D eigenvalue weighted by Crippen LogP contribution is -2.45. The highest BCUT2D eigenvalue weighted by Crippen LogP contribution is 2.15. The van der Waals surface area contributed by atoms with Crippen molar-refractivity contribution in [2.24, 2.45) is 5.84 Å². The van der Waals surface area contributed by atoms with Gasteiger partial charge in [-0.3, -0.25) is 16.1 Å². The molecule has 0 amide bonds. The van der Waals surface area contributed by atoms with Crippen molar-refractivity contribution in [3.8, 4) is 0 Å². The minimum atomic E-state index is -0.112. The first-order chi connectivity index (χ1) is 7.29. The van der Waals surface area contributed by atoms with Gasteiger partial charge in [0.25, 0.3) is 5.56 Å². The number of hydrazine groups is 1. The average molecular weight is 209 g/mol. The summed E-state index contributed by atoms with van der Waals surface area (Å²) in [5.41, 5.74) is 2.66. The molecule has 2 rings (SSSR count). The van der Waals surface area contributed by atoms with Gasteiger partial charge in [-0.15, -0.1) is 0 Å². The molecule has 1 fully saturated rings. The van der Waals surface area contributed by atoms with Gasteiger partial charge in [-0.2, -0.15) is 0 Å². The van der Waals surface area contributed by atoms with Gasteiger partial charge in [-0.1, -0.05) is 0 Å². The summed E-state index contributed by atoms with van der Waals surface area (Å²) in [6, 6.07) is 1.90. The summed E-state index contributed by atoms with van der Waals surface area (Å²) in [4.78, 5) is 19.8. The largest absolute Gasteiger partial charge is 0.356 e. The van der Waals surface area contributed by atoms with E-state index in [2.05, 4.69) is 20.3 Å². The normalized spacial score (nSPS) is 18.1. The number of H-pyrrole nitrogens is 1. The summed E-state index contributed by atoms with van der Waals surface area (Å²) in [7, 11) is 0. The van der Waals surface area contributed by atoms with Gasteiger partial charge in [0.1, 0.15) is 5.82 Å². The summed E-state index contributed by atoms with van der Waals surface area (Å²) in [6.07, 6.45) is 3.39. The Morgan fingerprint density at radius 1 is 1.53 bits per heavy atom. The highest BCUT2D eigenvalue weighted by molar-refractivity contribution is 5.36. The standard InChI is InChI=1S/C9H15N5O/c10-13-7-1-3-14(4-2-7)8-5-9(15)12-6-11-8/h5-7,13H,1-4,10H2,(H,11,12,15). The molecule has 0 aromatic carbocycles. The molecule has 0 aliphatic carbocycles. The topological polar surface area (TPSA) is 87.0 Å². The third-order valence-corrected chi connectivity index (χ3v) is 2.72. The number of hydrogen-bond donors (Lipinski definition) is 3. The van der Waals surface area contributed by atoms with Gasteiger partial charge in [0, 0.05) is 25.2 Å². The molecule has 4 N–H and O–H groups in total. The Labute approximate surface area is 87.5 Å². The van der Waals surface area contributed by atoms with Gasteiger partial charge in [0.2, 0.25) is 0 Å². The van der Waals surface area contributed by atoms with Gasteiger partial charge in [-0.25, -0.2) is 4.98 Å². The fourth-order valence-electron chi connectivity index (χ4n) is 1.81. The van der Waals surface area contributed by atoms with Crippen LogP contribution in [0.2, 0.25) is 0 Å². The number of hydrogen-bond acceptors (Lipinski definition) is 5. The molecule has 1 saturated heterocycles. The van der Waals surface area contributed by atoms with Gasteiger partial charge in [0.15, 0.2) is 0 Å². The highest BCUT2D eigenvalue weighted by atomic mass is 16.1. The van der Waals surface area contributed by atoms with E-state index in [1.165, 1.54) is 12.4 Å². The Morgan fingerprint density at radius 2 is 2.27 bits per heavy atom. The Bertz CT molecular complexity index is 369. The molecule has 0 atom stereocenters. The number of rotatable bonds is 2. The van der Waals surface area contributed by atoms with Crippen LogP contribution in [0.3, 0.4) is 0 Å². The van der Waals surface area contributed by atoms with Gasteiger partial charge < -0.3 is 9.88 Å². The number of piperidine rings is 1. The van der Waals surface area contributed by atoms with Crippen LogP contribution in [0.15, 0.2) is 17.2 Å². The molecule has 1 aliphatic rings. The SMILES string of the molecule is NNC1CCN(c2cc(=O)[nH]cn2)CC1. The predicted octanol–water partition coefficient (Wildman–Crippen LogP) is -0.798. The highest BCUT2D eigenvalue weighted by Gasteiger charge is 2.18. The molecule has 0 radical (unpaired) electrons. The lowest BCUT2D eigenvalue weighted by Gasteiger charge is -2.32. The molecule has 1 aliphatic heterocycles. The summed E-state index contributed by atoms with van der Waals surface area (Å²) < 4.78 is 0. The third-order valence-electron chi connectivity index (χ3n) is 2.72. The first kappa shape index (κ1) is 10.1. The zero-order valence-electron chi connectivity index (χ0n) is 8.44. The van der Waals surface area contributed by atoms with Crippen molar-refractivity contribution in [1.82, 2.24) is 15.4 Å². The molecule has 6 nitrogen and oxygen atoms in total. The van der Waals surface area contributed by atoms with Crippen molar-refractivity contribution in [3.63, 3.8) is 0 Å². The van der Waals surface area contributed by atoms with Crippen LogP contribution in [0.5, 0.6) is 0 Å². The molecular formula is C9H15N5O. The van der Waals surface area contributed by atoms with E-state index in [9.17, 15) is 4.79 Å². The second-order valence-electron chi connectivity index (χ2n) is 3.70. The number of nitrogens with one attached hydrogen (secondary N) is 2. The molecule has 2 heterocycles. The van der Waals surface area contributed by atoms with E-state index >= 15 is 0 Å². The summed E-state index contributed by atoms with van der Waals surface area (Å²) in [6.45, 7) is 1.76. The lowest BCUT2D eigenvalue weighted by atomic mass is 10.1. The van der Waals surface area contributed by atoms with Crippen molar-refractivity contribution in [2.75, 3.05) is 18.0 Å². The lowest BCUT2D eigenvalue weighted by molar-refractivity contribution is 0.422. The summed E-state index contributed by atoms with van der Waals surface area (Å²) in [5, 5.41) is 0. The Morgan fingerprint density at radius 3 is 2.87 bits per heavy atom. The fourth-order valence-corrected chi connectivity index (χ4v) is 1.81. The summed E-state index contributed by atoms with van der Waals surface area (Å²) in [5.74, 6) is 6.12. The van der Waals surface area contributed by atoms with Crippen LogP contribution >= 0.6 is 0 Å². The Hall–Kier alpha value is -1.40. The van der Waals surface area contributed by atoms with Crippen molar-refractivity contribution >= 4 is 5.82 Å². The third kappa shape index (κ3) is 2.34. The van der Waals surface area contributed by atoms with Gasteiger partial charge >= 0.3 is 0 Å². The van der Waals surface area contributed by atoms with E-state index in [1.807, 2.05) is 0 Å². The number of nitrogens with two attached hydrogens (primary N) is 1. The molecule has 1 aromatic heterocycles. The van der Waals surface area contributed by atoms with Crippen molar-refractivity contribution in [1.29, 1.82) is 0 Å². The van der Waals surface area contributed by atoms with E-state index in [1.54, 1.807) is 0 Å². The zero-order chi connectivity index (χ0) is 10.7. The molecule has 0 spiro atoms. The second kappa shape index (κ2) is 4.41. The summed E-state index contributed by atoms with van der Waals surface area (Å²) >= 11 is 0. The second-order valence-corrected chi connectivity index (χ2v) is 3.70. The maximum absolute atomic E-state index is 11.1. The predicted molar refractivity (Wildman–Crippen MR) is 57.4 cm³/mol. The van der Waals surface area contributed by atoms with Gasteiger partial charge in [-0.05, 0) is 12.8 Å². The van der Waals surface area contributed by atoms with Crippen LogP contribution in [-0.2, 0) is 0 Å². The molecule has 6 heteroatoms. The van der Waals surface area contributed by atoms with Crippen molar-refractivity contribution < 1.29 is 0 Å². The van der Waals surface area contributed by atoms with Crippen LogP contribution in [0.1, 0.15) is 12.8 Å². The first-order valence-corrected chi connectivity index (χ1v) is 5.05. The number of nitrogens with zero attached hydrogens (tertiary/aromatic N) is 2. The number of aromatic nitrogens is 2. The van der Waals surface area contributed by atoms with E-state index in [-0.39, 0.29) is 5.56 Å². The minimum Gasteiger partial charge on any atom is -0.356 e. The van der Waals surface area contributed by atoms with E-state index in [4.69, 9.17) is 5.84 Å².